The van der Waals surface area contributed by atoms with E-state index in [0.29, 0.717) is 0 Å². The molecule has 16 heavy (non-hydrogen) atoms. The molecule has 0 spiro atoms. The number of hydrogen-bond donors (Lipinski definition) is 0. The van der Waals surface area contributed by atoms with Crippen molar-refractivity contribution in [2.45, 2.75) is 33.2 Å². The minimum atomic E-state index is 0.146. The van der Waals surface area contributed by atoms with Crippen molar-refractivity contribution in [3.05, 3.63) is 22.8 Å². The van der Waals surface area contributed by atoms with Crippen LogP contribution in [-0.2, 0) is 0 Å². The van der Waals surface area contributed by atoms with E-state index in [2.05, 4.69) is 51.2 Å². The fourth-order valence-corrected chi connectivity index (χ4v) is 1.59. The van der Waals surface area contributed by atoms with Crippen LogP contribution in [0.15, 0.2) is 27.8 Å². The van der Waals surface area contributed by atoms with Gasteiger partial charge in [0, 0.05) is 16.7 Å². The van der Waals surface area contributed by atoms with E-state index in [1.165, 1.54) is 0 Å². The van der Waals surface area contributed by atoms with Crippen LogP contribution >= 0.6 is 15.9 Å². The number of rotatable bonds is 5. The molecule has 0 fully saturated rings. The third-order valence-electron chi connectivity index (χ3n) is 2.33. The van der Waals surface area contributed by atoms with Gasteiger partial charge >= 0.3 is 0 Å². The number of allylic oxidation sites excluding steroid dienone is 3. The van der Waals surface area contributed by atoms with Crippen LogP contribution in [0.5, 0.6) is 0 Å². The van der Waals surface area contributed by atoms with Crippen molar-refractivity contribution >= 4 is 21.8 Å². The van der Waals surface area contributed by atoms with Gasteiger partial charge in [0.05, 0.1) is 0 Å². The van der Waals surface area contributed by atoms with E-state index in [9.17, 15) is 0 Å². The van der Waals surface area contributed by atoms with Crippen molar-refractivity contribution in [2.75, 3.05) is 6.54 Å². The summed E-state index contributed by atoms with van der Waals surface area (Å²) in [5.74, 6) is 7.12. The molecule has 2 nitrogen and oxygen atoms in total. The first-order valence-electron chi connectivity index (χ1n) is 5.42. The summed E-state index contributed by atoms with van der Waals surface area (Å²) < 4.78 is 0.981. The highest BCUT2D eigenvalue weighted by Gasteiger charge is 2.24. The van der Waals surface area contributed by atoms with Crippen LogP contribution in [0.3, 0.4) is 0 Å². The van der Waals surface area contributed by atoms with Gasteiger partial charge in [0.1, 0.15) is 5.84 Å². The molecule has 0 amide bonds. The van der Waals surface area contributed by atoms with E-state index in [0.717, 1.165) is 29.0 Å². The van der Waals surface area contributed by atoms with Crippen molar-refractivity contribution in [1.29, 1.82) is 0 Å². The summed E-state index contributed by atoms with van der Waals surface area (Å²) in [4.78, 5) is 6.63. The lowest BCUT2D eigenvalue weighted by Gasteiger charge is -2.24. The molecule has 0 aromatic carbocycles. The maximum atomic E-state index is 4.52. The molecule has 86 valence electrons. The van der Waals surface area contributed by atoms with Crippen LogP contribution in [0.4, 0.5) is 0 Å². The third-order valence-corrected chi connectivity index (χ3v) is 3.23. The predicted octanol–water partition coefficient (Wildman–Crippen LogP) is 3.31. The molecular formula is C13H17BrN2. The zero-order chi connectivity index (χ0) is 12.1. The zero-order valence-corrected chi connectivity index (χ0v) is 11.6. The quantitative estimate of drug-likeness (QED) is 0.327. The van der Waals surface area contributed by atoms with Crippen LogP contribution in [0.2, 0.25) is 0 Å². The van der Waals surface area contributed by atoms with Crippen LogP contribution < -0.4 is 0 Å². The second-order valence-corrected chi connectivity index (χ2v) is 4.48. The number of hydrogen-bond acceptors (Lipinski definition) is 1. The fraction of sp³-hybridized carbons (Fsp3) is 0.462. The minimum Gasteiger partial charge on any atom is -0.308 e. The first-order chi connectivity index (χ1) is 7.61. The van der Waals surface area contributed by atoms with Gasteiger partial charge < -0.3 is 4.90 Å². The van der Waals surface area contributed by atoms with E-state index < -0.39 is 0 Å². The van der Waals surface area contributed by atoms with Crippen molar-refractivity contribution < 1.29 is 0 Å². The minimum absolute atomic E-state index is 0.146. The lowest BCUT2D eigenvalue weighted by molar-refractivity contribution is 0.530. The maximum absolute atomic E-state index is 4.52. The molecule has 0 aliphatic heterocycles. The first kappa shape index (κ1) is 13.1. The summed E-state index contributed by atoms with van der Waals surface area (Å²) in [5.41, 5.74) is 1.09. The largest absolute Gasteiger partial charge is 0.308 e. The van der Waals surface area contributed by atoms with Crippen molar-refractivity contribution in [2.24, 2.45) is 4.99 Å². The normalized spacial score (nSPS) is 16.1. The highest BCUT2D eigenvalue weighted by atomic mass is 79.9. The van der Waals surface area contributed by atoms with Gasteiger partial charge in [-0.1, -0.05) is 31.4 Å². The monoisotopic (exact) mass is 280 g/mol. The van der Waals surface area contributed by atoms with Crippen LogP contribution in [0.25, 0.3) is 0 Å². The summed E-state index contributed by atoms with van der Waals surface area (Å²) in [6.07, 6.45) is 2.85. The standard InChI is InChI=1S/C13H17BrN2/c1-5-9-15-11(4)16(12-7-8-12)10(3)13(14)6-2/h6,12H,2,5,9H2,1,3-4H3/b13-10+,15-11-. The van der Waals surface area contributed by atoms with Gasteiger partial charge in [-0.15, -0.1) is 0 Å². The predicted molar refractivity (Wildman–Crippen MR) is 73.5 cm³/mol. The molecule has 0 N–H and O–H groups in total. The third kappa shape index (κ3) is 3.24. The van der Waals surface area contributed by atoms with Gasteiger partial charge in [0.2, 0.25) is 0 Å². The summed E-state index contributed by atoms with van der Waals surface area (Å²) in [6.45, 7) is 10.8. The average Bonchev–Trinajstić information content (AvgIpc) is 3.09. The molecule has 1 aliphatic rings. The molecule has 0 bridgehead atoms. The number of aliphatic imine (C=N–C) groups is 1. The van der Waals surface area contributed by atoms with Gasteiger partial charge in [-0.3, -0.25) is 4.99 Å². The molecule has 0 saturated heterocycles. The summed E-state index contributed by atoms with van der Waals surface area (Å²) in [7, 11) is 0. The molecule has 0 heterocycles. The Hall–Kier alpha value is -1.01. The molecule has 0 aromatic heterocycles. The Morgan fingerprint density at radius 3 is 2.56 bits per heavy atom. The Morgan fingerprint density at radius 1 is 1.50 bits per heavy atom. The fourth-order valence-electron chi connectivity index (χ4n) is 1.40. The van der Waals surface area contributed by atoms with Crippen LogP contribution in [0, 0.1) is 11.8 Å². The molecule has 3 heteroatoms. The molecule has 0 unspecified atom stereocenters. The number of amidine groups is 1. The Kier molecular flexibility index (Phi) is 4.82. The van der Waals surface area contributed by atoms with E-state index in [1.54, 1.807) is 6.08 Å². The number of nitrogens with zero attached hydrogens (tertiary/aromatic N) is 2. The van der Waals surface area contributed by atoms with Gasteiger partial charge in [0.25, 0.3) is 0 Å². The zero-order valence-electron chi connectivity index (χ0n) is 10.0. The molecular weight excluding hydrogens is 264 g/mol. The highest BCUT2D eigenvalue weighted by Crippen LogP contribution is 2.22. The summed E-state index contributed by atoms with van der Waals surface area (Å²) in [6, 6.07) is 0.146. The summed E-state index contributed by atoms with van der Waals surface area (Å²) in [5, 5.41) is 0. The van der Waals surface area contributed by atoms with Gasteiger partial charge in [-0.25, -0.2) is 0 Å². The van der Waals surface area contributed by atoms with E-state index in [1.807, 2.05) is 13.8 Å². The van der Waals surface area contributed by atoms with E-state index >= 15 is 0 Å². The molecule has 1 aliphatic carbocycles. The SMILES string of the molecule is C=C/C(Br)=C(/C)N(/C(C)=N\CCC)C1C#C1. The lowest BCUT2D eigenvalue weighted by Crippen LogP contribution is -2.32. The molecule has 0 saturated carbocycles. The smallest absolute Gasteiger partial charge is 0.157 e. The van der Waals surface area contributed by atoms with Gasteiger partial charge in [-0.05, 0) is 36.2 Å². The van der Waals surface area contributed by atoms with E-state index in [4.69, 9.17) is 0 Å². The molecule has 1 rings (SSSR count). The topological polar surface area (TPSA) is 15.6 Å². The van der Waals surface area contributed by atoms with Gasteiger partial charge in [-0.2, -0.15) is 0 Å². The highest BCUT2D eigenvalue weighted by molar-refractivity contribution is 9.11. The van der Waals surface area contributed by atoms with Crippen molar-refractivity contribution in [1.82, 2.24) is 4.90 Å². The van der Waals surface area contributed by atoms with Gasteiger partial charge in [0.15, 0.2) is 6.04 Å². The maximum Gasteiger partial charge on any atom is 0.157 e. The molecule has 0 aromatic rings. The van der Waals surface area contributed by atoms with Crippen LogP contribution in [0.1, 0.15) is 27.2 Å². The second kappa shape index (κ2) is 5.91. The van der Waals surface area contributed by atoms with Crippen molar-refractivity contribution in [3.8, 4) is 11.8 Å². The summed E-state index contributed by atoms with van der Waals surface area (Å²) >= 11 is 3.48. The Labute approximate surface area is 106 Å². The first-order valence-corrected chi connectivity index (χ1v) is 6.21. The Morgan fingerprint density at radius 2 is 2.12 bits per heavy atom. The lowest BCUT2D eigenvalue weighted by atomic mass is 10.3. The average molecular weight is 281 g/mol. The molecule has 0 atom stereocenters. The number of halogens is 1. The van der Waals surface area contributed by atoms with E-state index in [-0.39, 0.29) is 6.04 Å². The molecule has 0 radical (unpaired) electrons. The Balaban J connectivity index is 2.87. The Bertz CT molecular complexity index is 388. The second-order valence-electron chi connectivity index (χ2n) is 3.63. The van der Waals surface area contributed by atoms with Crippen molar-refractivity contribution in [3.63, 3.8) is 0 Å². The van der Waals surface area contributed by atoms with Crippen LogP contribution in [-0.4, -0.2) is 23.3 Å².